The summed E-state index contributed by atoms with van der Waals surface area (Å²) in [4.78, 5) is 0. The fourth-order valence-electron chi connectivity index (χ4n) is 1.76. The van der Waals surface area contributed by atoms with E-state index in [0.717, 1.165) is 11.3 Å². The van der Waals surface area contributed by atoms with Crippen molar-refractivity contribution in [2.24, 2.45) is 0 Å². The molecule has 1 unspecified atom stereocenters. The molecule has 1 aromatic carbocycles. The zero-order chi connectivity index (χ0) is 11.8. The summed E-state index contributed by atoms with van der Waals surface area (Å²) < 4.78 is 11.2. The molecule has 4 nitrogen and oxygen atoms in total. The lowest BCUT2D eigenvalue weighted by Crippen LogP contribution is -2.29. The summed E-state index contributed by atoms with van der Waals surface area (Å²) in [5.41, 5.74) is 0.828. The van der Waals surface area contributed by atoms with Gasteiger partial charge >= 0.3 is 0 Å². The molecule has 2 rings (SSSR count). The van der Waals surface area contributed by atoms with E-state index in [-0.39, 0.29) is 0 Å². The highest BCUT2D eigenvalue weighted by atomic mass is 16.7. The minimum absolute atomic E-state index is 0.517. The lowest BCUT2D eigenvalue weighted by atomic mass is 10.1. The summed E-state index contributed by atoms with van der Waals surface area (Å²) in [5, 5.41) is 12.8. The first kappa shape index (κ1) is 11.2. The van der Waals surface area contributed by atoms with Crippen LogP contribution in [0.4, 0.5) is 0 Å². The molecule has 1 aliphatic rings. The number of hydrogen-bond donors (Lipinski definition) is 2. The van der Waals surface area contributed by atoms with Gasteiger partial charge in [0.05, 0.1) is 6.10 Å². The normalized spacial score (nSPS) is 18.5. The number of ether oxygens (including phenoxy) is 2. The molecular formula is C12H17NO3. The Kier molecular flexibility index (Phi) is 2.78. The first-order valence-electron chi connectivity index (χ1n) is 5.36. The molecule has 0 aromatic heterocycles. The summed E-state index contributed by atoms with van der Waals surface area (Å²) in [6.07, 6.45) is -0.525. The Morgan fingerprint density at radius 1 is 1.31 bits per heavy atom. The van der Waals surface area contributed by atoms with E-state index in [1.807, 2.05) is 32.0 Å². The predicted molar refractivity (Wildman–Crippen MR) is 60.7 cm³/mol. The van der Waals surface area contributed by atoms with Crippen molar-refractivity contribution < 1.29 is 14.6 Å². The zero-order valence-corrected chi connectivity index (χ0v) is 9.78. The highest BCUT2D eigenvalue weighted by Gasteiger charge is 2.31. The van der Waals surface area contributed by atoms with Crippen LogP contribution in [0.15, 0.2) is 18.2 Å². The molecular weight excluding hydrogens is 206 g/mol. The second-order valence-electron chi connectivity index (χ2n) is 4.38. The van der Waals surface area contributed by atoms with Crippen LogP contribution in [0.3, 0.4) is 0 Å². The van der Waals surface area contributed by atoms with Gasteiger partial charge in [-0.1, -0.05) is 6.07 Å². The number of aliphatic hydroxyl groups excluding tert-OH is 1. The fourth-order valence-corrected chi connectivity index (χ4v) is 1.76. The maximum atomic E-state index is 9.82. The fraction of sp³-hybridized carbons (Fsp3) is 0.500. The van der Waals surface area contributed by atoms with Gasteiger partial charge in [0.1, 0.15) is 0 Å². The Hall–Kier alpha value is -1.26. The highest BCUT2D eigenvalue weighted by Crippen LogP contribution is 2.40. The van der Waals surface area contributed by atoms with Gasteiger partial charge in [-0.2, -0.15) is 0 Å². The molecule has 1 heterocycles. The van der Waals surface area contributed by atoms with Crippen LogP contribution in [0.5, 0.6) is 11.5 Å². The highest BCUT2D eigenvalue weighted by molar-refractivity contribution is 5.46. The third-order valence-corrected chi connectivity index (χ3v) is 2.46. The molecule has 2 N–H and O–H groups in total. The first-order chi connectivity index (χ1) is 7.52. The molecule has 1 atom stereocenters. The van der Waals surface area contributed by atoms with E-state index in [1.54, 1.807) is 7.05 Å². The Morgan fingerprint density at radius 3 is 2.69 bits per heavy atom. The van der Waals surface area contributed by atoms with Crippen molar-refractivity contribution in [3.8, 4) is 11.5 Å². The molecule has 0 amide bonds. The molecule has 88 valence electrons. The molecule has 0 saturated heterocycles. The number of benzene rings is 1. The lowest BCUT2D eigenvalue weighted by molar-refractivity contribution is -0.0432. The monoisotopic (exact) mass is 223 g/mol. The Bertz CT molecular complexity index is 390. The Morgan fingerprint density at radius 2 is 2.00 bits per heavy atom. The minimum atomic E-state index is -0.616. The van der Waals surface area contributed by atoms with E-state index in [2.05, 4.69) is 5.32 Å². The molecule has 1 aliphatic heterocycles. The van der Waals surface area contributed by atoms with Gasteiger partial charge in [0, 0.05) is 20.4 Å². The Labute approximate surface area is 95.2 Å². The molecule has 0 radical (unpaired) electrons. The van der Waals surface area contributed by atoms with Gasteiger partial charge < -0.3 is 19.9 Å². The van der Waals surface area contributed by atoms with Crippen molar-refractivity contribution in [2.45, 2.75) is 25.7 Å². The van der Waals surface area contributed by atoms with Gasteiger partial charge in [0.25, 0.3) is 0 Å². The molecule has 0 spiro atoms. The van der Waals surface area contributed by atoms with Crippen LogP contribution in [-0.4, -0.2) is 24.5 Å². The largest absolute Gasteiger partial charge is 0.449 e. The van der Waals surface area contributed by atoms with E-state index in [9.17, 15) is 5.11 Å². The number of likely N-dealkylation sites (N-methyl/N-ethyl adjacent to an activating group) is 1. The van der Waals surface area contributed by atoms with Crippen molar-refractivity contribution in [3.63, 3.8) is 0 Å². The summed E-state index contributed by atoms with van der Waals surface area (Å²) in [7, 11) is 1.80. The van der Waals surface area contributed by atoms with Crippen LogP contribution in [0, 0.1) is 0 Å². The summed E-state index contributed by atoms with van der Waals surface area (Å²) >= 11 is 0. The third-order valence-electron chi connectivity index (χ3n) is 2.46. The second-order valence-corrected chi connectivity index (χ2v) is 4.38. The first-order valence-corrected chi connectivity index (χ1v) is 5.36. The van der Waals surface area contributed by atoms with E-state index < -0.39 is 11.9 Å². The van der Waals surface area contributed by atoms with Gasteiger partial charge in [-0.05, 0) is 24.7 Å². The van der Waals surface area contributed by atoms with Crippen LogP contribution in [-0.2, 0) is 0 Å². The number of fused-ring (bicyclic) bond motifs is 1. The van der Waals surface area contributed by atoms with E-state index >= 15 is 0 Å². The van der Waals surface area contributed by atoms with Gasteiger partial charge in [-0.3, -0.25) is 0 Å². The molecule has 0 saturated carbocycles. The molecule has 4 heteroatoms. The van der Waals surface area contributed by atoms with Crippen LogP contribution in [0.25, 0.3) is 0 Å². The molecule has 0 fully saturated rings. The van der Waals surface area contributed by atoms with Crippen LogP contribution in [0.1, 0.15) is 25.5 Å². The molecule has 1 aromatic rings. The van der Waals surface area contributed by atoms with Crippen LogP contribution < -0.4 is 14.8 Å². The average molecular weight is 223 g/mol. The number of nitrogens with one attached hydrogen (secondary N) is 1. The van der Waals surface area contributed by atoms with E-state index in [4.69, 9.17) is 9.47 Å². The molecule has 0 bridgehead atoms. The van der Waals surface area contributed by atoms with Crippen molar-refractivity contribution in [2.75, 3.05) is 13.6 Å². The maximum Gasteiger partial charge on any atom is 0.246 e. The van der Waals surface area contributed by atoms with Crippen LogP contribution in [0.2, 0.25) is 0 Å². The van der Waals surface area contributed by atoms with Crippen molar-refractivity contribution in [3.05, 3.63) is 23.8 Å². The lowest BCUT2D eigenvalue weighted by Gasteiger charge is -2.16. The van der Waals surface area contributed by atoms with Crippen molar-refractivity contribution in [1.29, 1.82) is 0 Å². The summed E-state index contributed by atoms with van der Waals surface area (Å²) in [6, 6.07) is 5.51. The average Bonchev–Trinajstić information content (AvgIpc) is 2.50. The SMILES string of the molecule is CNCC(O)c1ccc2c(c1)OC(C)(C)O2. The second kappa shape index (κ2) is 3.96. The van der Waals surface area contributed by atoms with Gasteiger partial charge in [0.2, 0.25) is 5.79 Å². The molecule has 16 heavy (non-hydrogen) atoms. The van der Waals surface area contributed by atoms with Crippen molar-refractivity contribution >= 4 is 0 Å². The minimum Gasteiger partial charge on any atom is -0.449 e. The quantitative estimate of drug-likeness (QED) is 0.814. The topological polar surface area (TPSA) is 50.7 Å². The summed E-state index contributed by atoms with van der Waals surface area (Å²) in [5.74, 6) is 0.803. The third kappa shape index (κ3) is 2.13. The van der Waals surface area contributed by atoms with Gasteiger partial charge in [-0.25, -0.2) is 0 Å². The smallest absolute Gasteiger partial charge is 0.246 e. The predicted octanol–water partition coefficient (Wildman–Crippen LogP) is 1.45. The number of hydrogen-bond acceptors (Lipinski definition) is 4. The van der Waals surface area contributed by atoms with Crippen LogP contribution >= 0.6 is 0 Å². The standard InChI is InChI=1S/C12H17NO3/c1-12(2)15-10-5-4-8(6-11(10)16-12)9(14)7-13-3/h4-6,9,13-14H,7H2,1-3H3. The zero-order valence-electron chi connectivity index (χ0n) is 9.78. The van der Waals surface area contributed by atoms with E-state index in [0.29, 0.717) is 12.3 Å². The van der Waals surface area contributed by atoms with Gasteiger partial charge in [-0.15, -0.1) is 0 Å². The molecule has 0 aliphatic carbocycles. The van der Waals surface area contributed by atoms with Crippen molar-refractivity contribution in [1.82, 2.24) is 5.32 Å². The summed E-state index contributed by atoms with van der Waals surface area (Å²) in [6.45, 7) is 4.23. The van der Waals surface area contributed by atoms with Gasteiger partial charge in [0.15, 0.2) is 11.5 Å². The van der Waals surface area contributed by atoms with E-state index in [1.165, 1.54) is 0 Å². The Balaban J connectivity index is 2.22. The number of rotatable bonds is 3. The maximum absolute atomic E-state index is 9.82. The number of aliphatic hydroxyl groups is 1.